The third-order valence-electron chi connectivity index (χ3n) is 6.59. The summed E-state index contributed by atoms with van der Waals surface area (Å²) in [7, 11) is 0. The molecule has 1 radical (unpaired) electrons. The summed E-state index contributed by atoms with van der Waals surface area (Å²) in [5.74, 6) is 0.161. The zero-order valence-electron chi connectivity index (χ0n) is 21.9. The number of halogens is 1. The molecule has 0 spiro atoms. The fourth-order valence-corrected chi connectivity index (χ4v) is 4.77. The van der Waals surface area contributed by atoms with Gasteiger partial charge in [0.05, 0.1) is 11.4 Å². The number of hydrogen-bond acceptors (Lipinski definition) is 5. The van der Waals surface area contributed by atoms with E-state index in [0.717, 1.165) is 16.9 Å². The molecule has 0 bridgehead atoms. The monoisotopic (exact) mass is 726 g/mol. The maximum absolute atomic E-state index is 14.7. The summed E-state index contributed by atoms with van der Waals surface area (Å²) >= 11 is 0. The van der Waals surface area contributed by atoms with Crippen LogP contribution in [0.3, 0.4) is 0 Å². The van der Waals surface area contributed by atoms with E-state index in [-0.39, 0.29) is 25.9 Å². The molecule has 6 nitrogen and oxygen atoms in total. The van der Waals surface area contributed by atoms with Gasteiger partial charge >= 0.3 is 0 Å². The number of benzene rings is 4. The molecule has 4 aromatic heterocycles. The van der Waals surface area contributed by atoms with Crippen LogP contribution in [0.15, 0.2) is 126 Å². The van der Waals surface area contributed by atoms with Crippen molar-refractivity contribution in [1.82, 2.24) is 24.5 Å². The smallest absolute Gasteiger partial charge is 0.188 e. The Bertz CT molecular complexity index is 2080. The largest absolute Gasteiger partial charge is 0.500 e. The van der Waals surface area contributed by atoms with E-state index in [9.17, 15) is 4.39 Å². The first-order chi connectivity index (χ1) is 20.3. The minimum Gasteiger partial charge on any atom is -0.500 e. The Labute approximate surface area is 253 Å². The Kier molecular flexibility index (Phi) is 7.64. The van der Waals surface area contributed by atoms with Crippen LogP contribution in [0, 0.1) is 17.9 Å². The summed E-state index contributed by atoms with van der Waals surface area (Å²) < 4.78 is 22.7. The Morgan fingerprint density at radius 1 is 0.738 bits per heavy atom. The number of hydrogen-bond donors (Lipinski definition) is 0. The van der Waals surface area contributed by atoms with Crippen LogP contribution in [0.5, 0.6) is 0 Å². The van der Waals surface area contributed by atoms with Crippen molar-refractivity contribution in [3.8, 4) is 28.3 Å². The second kappa shape index (κ2) is 11.8. The number of para-hydroxylation sites is 2. The van der Waals surface area contributed by atoms with Gasteiger partial charge in [-0.25, -0.2) is 9.97 Å². The second-order valence-electron chi connectivity index (χ2n) is 9.12. The molecule has 0 aliphatic carbocycles. The van der Waals surface area contributed by atoms with Gasteiger partial charge in [0.1, 0.15) is 5.58 Å². The average Bonchev–Trinajstić information content (AvgIpc) is 3.63. The summed E-state index contributed by atoms with van der Waals surface area (Å²) in [4.78, 5) is 17.7. The van der Waals surface area contributed by atoms with Crippen LogP contribution in [0.4, 0.5) is 4.39 Å². The molecule has 0 saturated carbocycles. The van der Waals surface area contributed by atoms with Gasteiger partial charge in [-0.1, -0.05) is 54.1 Å². The van der Waals surface area contributed by atoms with E-state index < -0.39 is 0 Å². The van der Waals surface area contributed by atoms with Gasteiger partial charge in [-0.15, -0.1) is 48.0 Å². The first-order valence-electron chi connectivity index (χ1n) is 12.9. The molecule has 0 atom stereocenters. The molecule has 42 heavy (non-hydrogen) atoms. The molecule has 8 heteroatoms. The van der Waals surface area contributed by atoms with Crippen LogP contribution < -0.4 is 0 Å². The zero-order valence-corrected chi connectivity index (χ0v) is 24.3. The summed E-state index contributed by atoms with van der Waals surface area (Å²) in [5.41, 5.74) is 5.55. The fraction of sp³-hybridized carbons (Fsp3) is 0. The SMILES string of the molecule is Fc1c[c-]c(-c2nc3nccnc3n2-c2ccccc2)c2oc3ccccc3c12.[Ir].[c-]1ccccc1-c1ccccn1. The minimum absolute atomic E-state index is 0. The second-order valence-corrected chi connectivity index (χ2v) is 9.12. The first kappa shape index (κ1) is 27.1. The molecule has 4 aromatic carbocycles. The van der Waals surface area contributed by atoms with E-state index >= 15 is 0 Å². The number of rotatable bonds is 3. The van der Waals surface area contributed by atoms with Crippen molar-refractivity contribution in [2.45, 2.75) is 0 Å². The predicted molar refractivity (Wildman–Crippen MR) is 157 cm³/mol. The molecule has 0 fully saturated rings. The third kappa shape index (κ3) is 4.98. The van der Waals surface area contributed by atoms with Gasteiger partial charge in [0.2, 0.25) is 0 Å². The number of pyridine rings is 1. The Morgan fingerprint density at radius 3 is 2.33 bits per heavy atom. The molecule has 0 unspecified atom stereocenters. The summed E-state index contributed by atoms with van der Waals surface area (Å²) in [6.45, 7) is 0. The summed E-state index contributed by atoms with van der Waals surface area (Å²) in [6, 6.07) is 38.3. The van der Waals surface area contributed by atoms with Crippen LogP contribution in [-0.2, 0) is 20.1 Å². The molecule has 0 aliphatic rings. The van der Waals surface area contributed by atoms with Crippen LogP contribution in [-0.4, -0.2) is 24.5 Å². The maximum atomic E-state index is 14.7. The molecular weight excluding hydrogens is 706 g/mol. The van der Waals surface area contributed by atoms with Crippen molar-refractivity contribution < 1.29 is 28.9 Å². The van der Waals surface area contributed by atoms with Gasteiger partial charge in [-0.05, 0) is 35.3 Å². The van der Waals surface area contributed by atoms with Crippen molar-refractivity contribution in [2.24, 2.45) is 0 Å². The van der Waals surface area contributed by atoms with Crippen molar-refractivity contribution in [3.63, 3.8) is 0 Å². The maximum Gasteiger partial charge on any atom is 0.188 e. The van der Waals surface area contributed by atoms with Crippen molar-refractivity contribution in [1.29, 1.82) is 0 Å². The third-order valence-corrected chi connectivity index (χ3v) is 6.59. The number of aromatic nitrogens is 5. The van der Waals surface area contributed by atoms with Gasteiger partial charge < -0.3 is 14.0 Å². The zero-order chi connectivity index (χ0) is 27.6. The van der Waals surface area contributed by atoms with Gasteiger partial charge in [0.15, 0.2) is 11.3 Å². The fourth-order valence-electron chi connectivity index (χ4n) is 4.77. The van der Waals surface area contributed by atoms with Crippen LogP contribution in [0.25, 0.3) is 61.6 Å². The van der Waals surface area contributed by atoms with Crippen molar-refractivity contribution in [3.05, 3.63) is 140 Å². The Morgan fingerprint density at radius 2 is 1.52 bits per heavy atom. The van der Waals surface area contributed by atoms with E-state index in [1.807, 2.05) is 102 Å². The van der Waals surface area contributed by atoms with Crippen LogP contribution >= 0.6 is 0 Å². The van der Waals surface area contributed by atoms with E-state index in [1.165, 1.54) is 6.07 Å². The number of imidazole rings is 1. The van der Waals surface area contributed by atoms with Crippen LogP contribution in [0.1, 0.15) is 0 Å². The number of nitrogens with zero attached hydrogens (tertiary/aromatic N) is 5. The normalized spacial score (nSPS) is 10.8. The predicted octanol–water partition coefficient (Wildman–Crippen LogP) is 7.87. The quantitative estimate of drug-likeness (QED) is 0.174. The van der Waals surface area contributed by atoms with Crippen LogP contribution in [0.2, 0.25) is 0 Å². The van der Waals surface area contributed by atoms with Gasteiger partial charge in [-0.3, -0.25) is 9.37 Å². The molecular formula is C34H20FIrN5O-2. The standard InChI is InChI=1S/C23H12FN4O.C11H8N.Ir/c24-17-11-10-16(20-19(17)15-8-4-5-9-18(15)29-20)22-27-21-23(26-13-12-25-21)28(22)14-6-2-1-3-7-14;1-2-6-10(7-3-1)11-8-4-5-9-12-11;/h1-9,11-13H;1-6,8-9H;/q2*-1;. The molecule has 205 valence electrons. The minimum atomic E-state index is -0.382. The number of fused-ring (bicyclic) bond motifs is 4. The van der Waals surface area contributed by atoms with E-state index in [2.05, 4.69) is 32.1 Å². The summed E-state index contributed by atoms with van der Waals surface area (Å²) in [5, 5.41) is 1.14. The van der Waals surface area contributed by atoms with Gasteiger partial charge in [0.25, 0.3) is 0 Å². The topological polar surface area (TPSA) is 69.6 Å². The van der Waals surface area contributed by atoms with E-state index in [4.69, 9.17) is 4.42 Å². The molecule has 8 rings (SSSR count). The van der Waals surface area contributed by atoms with E-state index in [0.29, 0.717) is 44.6 Å². The Balaban J connectivity index is 0.000000205. The summed E-state index contributed by atoms with van der Waals surface area (Å²) in [6.07, 6.45) is 5.01. The first-order valence-corrected chi connectivity index (χ1v) is 12.9. The molecule has 0 N–H and O–H groups in total. The van der Waals surface area contributed by atoms with E-state index in [1.54, 1.807) is 18.6 Å². The molecule has 4 heterocycles. The van der Waals surface area contributed by atoms with Gasteiger partial charge in [-0.2, -0.15) is 0 Å². The Hall–Kier alpha value is -5.04. The van der Waals surface area contributed by atoms with Crippen molar-refractivity contribution in [2.75, 3.05) is 0 Å². The molecule has 0 amide bonds. The molecule has 0 aliphatic heterocycles. The number of furan rings is 1. The van der Waals surface area contributed by atoms with Gasteiger partial charge in [0, 0.05) is 55.6 Å². The average molecular weight is 726 g/mol. The molecule has 0 saturated heterocycles. The molecule has 8 aromatic rings. The van der Waals surface area contributed by atoms with Crippen molar-refractivity contribution >= 4 is 33.2 Å².